The topological polar surface area (TPSA) is 49.0 Å². The molecule has 0 unspecified atom stereocenters. The van der Waals surface area contributed by atoms with Crippen LogP contribution in [-0.4, -0.2) is 38.1 Å². The van der Waals surface area contributed by atoms with Crippen LogP contribution in [0, 0.1) is 6.92 Å². The second-order valence-electron chi connectivity index (χ2n) is 6.70. The summed E-state index contributed by atoms with van der Waals surface area (Å²) in [5.74, 6) is 0.228. The van der Waals surface area contributed by atoms with Crippen LogP contribution in [0.4, 0.5) is 0 Å². The van der Waals surface area contributed by atoms with Gasteiger partial charge in [-0.05, 0) is 64.7 Å². The van der Waals surface area contributed by atoms with Crippen molar-refractivity contribution in [2.75, 3.05) is 0 Å². The van der Waals surface area contributed by atoms with Crippen molar-refractivity contribution < 1.29 is 4.79 Å². The molecule has 1 amide bonds. The molecule has 1 saturated heterocycles. The zero-order valence-electron chi connectivity index (χ0n) is 14.3. The van der Waals surface area contributed by atoms with Crippen LogP contribution in [0.2, 0.25) is 0 Å². The van der Waals surface area contributed by atoms with Gasteiger partial charge in [0.15, 0.2) is 5.16 Å². The van der Waals surface area contributed by atoms with E-state index in [2.05, 4.69) is 47.8 Å². The Bertz CT molecular complexity index is 701. The van der Waals surface area contributed by atoms with Crippen molar-refractivity contribution in [3.63, 3.8) is 0 Å². The van der Waals surface area contributed by atoms with Gasteiger partial charge in [-0.2, -0.15) is 0 Å². The number of rotatable bonds is 3. The fourth-order valence-corrected chi connectivity index (χ4v) is 4.32. The zero-order valence-corrected chi connectivity index (χ0v) is 15.1. The summed E-state index contributed by atoms with van der Waals surface area (Å²) in [6, 6.07) is 6.85. The Balaban J connectivity index is 1.74. The summed E-state index contributed by atoms with van der Waals surface area (Å²) in [4.78, 5) is 22.9. The van der Waals surface area contributed by atoms with E-state index in [-0.39, 0.29) is 11.2 Å². The molecule has 5 heteroatoms. The first-order chi connectivity index (χ1) is 11.0. The maximum Gasteiger partial charge on any atom is 0.236 e. The lowest BCUT2D eigenvalue weighted by molar-refractivity contribution is -0.136. The number of aryl methyl sites for hydroxylation is 1. The Kier molecular flexibility index (Phi) is 4.67. The summed E-state index contributed by atoms with van der Waals surface area (Å²) >= 11 is 1.52. The number of nitrogens with one attached hydrogen (secondary N) is 1. The minimum absolute atomic E-state index is 0.125. The molecule has 1 aromatic carbocycles. The van der Waals surface area contributed by atoms with Crippen molar-refractivity contribution >= 4 is 28.7 Å². The van der Waals surface area contributed by atoms with E-state index in [4.69, 9.17) is 0 Å². The molecule has 0 spiro atoms. The smallest absolute Gasteiger partial charge is 0.236 e. The highest BCUT2D eigenvalue weighted by Gasteiger charge is 2.32. The normalized spacial score (nSPS) is 23.2. The lowest BCUT2D eigenvalue weighted by Crippen LogP contribution is -2.50. The first kappa shape index (κ1) is 16.4. The minimum Gasteiger partial charge on any atom is -0.336 e. The number of carbonyl (C=O) groups is 1. The number of carbonyl (C=O) groups excluding carboxylic acids is 1. The van der Waals surface area contributed by atoms with Gasteiger partial charge in [-0.1, -0.05) is 17.8 Å². The predicted octanol–water partition coefficient (Wildman–Crippen LogP) is 4.14. The molecule has 2 heterocycles. The Labute approximate surface area is 142 Å². The van der Waals surface area contributed by atoms with Crippen LogP contribution in [0.25, 0.3) is 11.0 Å². The van der Waals surface area contributed by atoms with Crippen molar-refractivity contribution in [3.8, 4) is 0 Å². The van der Waals surface area contributed by atoms with Crippen LogP contribution in [0.1, 0.15) is 45.6 Å². The number of aromatic nitrogens is 2. The number of H-pyrrole nitrogens is 1. The Morgan fingerprint density at radius 1 is 1.35 bits per heavy atom. The maximum atomic E-state index is 12.9. The van der Waals surface area contributed by atoms with E-state index in [1.54, 1.807) is 0 Å². The van der Waals surface area contributed by atoms with E-state index >= 15 is 0 Å². The Morgan fingerprint density at radius 2 is 2.04 bits per heavy atom. The van der Waals surface area contributed by atoms with Crippen LogP contribution < -0.4 is 0 Å². The summed E-state index contributed by atoms with van der Waals surface area (Å²) in [7, 11) is 0. The van der Waals surface area contributed by atoms with Gasteiger partial charge in [0.1, 0.15) is 0 Å². The molecule has 124 valence electrons. The summed E-state index contributed by atoms with van der Waals surface area (Å²) in [5, 5.41) is 0.698. The van der Waals surface area contributed by atoms with Crippen molar-refractivity contribution in [2.24, 2.45) is 0 Å². The molecule has 0 radical (unpaired) electrons. The van der Waals surface area contributed by atoms with Gasteiger partial charge in [0.05, 0.1) is 16.3 Å². The van der Waals surface area contributed by atoms with Crippen LogP contribution in [0.3, 0.4) is 0 Å². The molecule has 1 aliphatic rings. The number of hydrogen-bond donors (Lipinski definition) is 1. The SMILES string of the molecule is Cc1ccc2nc(S[C@H](C)C(=O)N3[C@@H](C)CCC[C@@H]3C)[nH]c2c1. The van der Waals surface area contributed by atoms with Gasteiger partial charge >= 0.3 is 0 Å². The first-order valence-corrected chi connectivity index (χ1v) is 9.29. The van der Waals surface area contributed by atoms with Crippen LogP contribution >= 0.6 is 11.8 Å². The molecule has 1 N–H and O–H groups in total. The monoisotopic (exact) mass is 331 g/mol. The molecule has 0 bridgehead atoms. The third kappa shape index (κ3) is 3.39. The quantitative estimate of drug-likeness (QED) is 0.860. The second kappa shape index (κ2) is 6.56. The molecule has 1 aliphatic heterocycles. The molecule has 0 saturated carbocycles. The summed E-state index contributed by atoms with van der Waals surface area (Å²) in [6.45, 7) is 8.38. The Morgan fingerprint density at radius 3 is 2.74 bits per heavy atom. The Hall–Kier alpha value is -1.49. The second-order valence-corrected chi connectivity index (χ2v) is 8.03. The van der Waals surface area contributed by atoms with Crippen molar-refractivity contribution in [1.29, 1.82) is 0 Å². The van der Waals surface area contributed by atoms with Gasteiger partial charge in [-0.25, -0.2) is 4.98 Å². The molecule has 4 nitrogen and oxygen atoms in total. The van der Waals surface area contributed by atoms with Gasteiger partial charge in [-0.3, -0.25) is 4.79 Å². The standard InChI is InChI=1S/C18H25N3OS/c1-11-8-9-15-16(10-11)20-18(19-15)23-14(4)17(22)21-12(2)6-5-7-13(21)3/h8-10,12-14H,5-7H2,1-4H3,(H,19,20)/t12-,13-,14+/m0/s1. The van der Waals surface area contributed by atoms with Gasteiger partial charge in [0.25, 0.3) is 0 Å². The zero-order chi connectivity index (χ0) is 16.6. The van der Waals surface area contributed by atoms with E-state index in [1.807, 2.05) is 13.0 Å². The van der Waals surface area contributed by atoms with E-state index < -0.39 is 0 Å². The highest BCUT2D eigenvalue weighted by Crippen LogP contribution is 2.29. The molecule has 3 atom stereocenters. The molecule has 23 heavy (non-hydrogen) atoms. The molecule has 3 rings (SSSR count). The van der Waals surface area contributed by atoms with Crippen LogP contribution in [0.5, 0.6) is 0 Å². The van der Waals surface area contributed by atoms with Crippen molar-refractivity contribution in [3.05, 3.63) is 23.8 Å². The van der Waals surface area contributed by atoms with Gasteiger partial charge in [-0.15, -0.1) is 0 Å². The number of thioether (sulfide) groups is 1. The van der Waals surface area contributed by atoms with Crippen molar-refractivity contribution in [2.45, 2.75) is 69.4 Å². The number of piperidine rings is 1. The number of hydrogen-bond acceptors (Lipinski definition) is 3. The largest absolute Gasteiger partial charge is 0.336 e. The molecular weight excluding hydrogens is 306 g/mol. The van der Waals surface area contributed by atoms with E-state index in [9.17, 15) is 4.79 Å². The third-order valence-corrected chi connectivity index (χ3v) is 5.67. The van der Waals surface area contributed by atoms with Gasteiger partial charge in [0.2, 0.25) is 5.91 Å². The average molecular weight is 331 g/mol. The highest BCUT2D eigenvalue weighted by atomic mass is 32.2. The number of likely N-dealkylation sites (tertiary alicyclic amines) is 1. The van der Waals surface area contributed by atoms with E-state index in [1.165, 1.54) is 23.7 Å². The average Bonchev–Trinajstić information content (AvgIpc) is 2.88. The number of aromatic amines is 1. The van der Waals surface area contributed by atoms with Crippen molar-refractivity contribution in [1.82, 2.24) is 14.9 Å². The van der Waals surface area contributed by atoms with E-state index in [0.29, 0.717) is 12.1 Å². The van der Waals surface area contributed by atoms with Gasteiger partial charge in [0, 0.05) is 12.1 Å². The predicted molar refractivity (Wildman–Crippen MR) is 95.8 cm³/mol. The fourth-order valence-electron chi connectivity index (χ4n) is 3.44. The molecule has 1 aromatic heterocycles. The number of benzene rings is 1. The molecule has 2 aromatic rings. The lowest BCUT2D eigenvalue weighted by Gasteiger charge is -2.40. The van der Waals surface area contributed by atoms with Crippen LogP contribution in [0.15, 0.2) is 23.4 Å². The number of nitrogens with zero attached hydrogens (tertiary/aromatic N) is 2. The number of fused-ring (bicyclic) bond motifs is 1. The number of amides is 1. The van der Waals surface area contributed by atoms with Gasteiger partial charge < -0.3 is 9.88 Å². The highest BCUT2D eigenvalue weighted by molar-refractivity contribution is 8.00. The van der Waals surface area contributed by atoms with E-state index in [0.717, 1.165) is 29.0 Å². The summed E-state index contributed by atoms with van der Waals surface area (Å²) in [6.07, 6.45) is 3.44. The number of imidazole rings is 1. The minimum atomic E-state index is -0.125. The maximum absolute atomic E-state index is 12.9. The summed E-state index contributed by atoms with van der Waals surface area (Å²) < 4.78 is 0. The summed E-state index contributed by atoms with van der Waals surface area (Å²) in [5.41, 5.74) is 3.20. The lowest BCUT2D eigenvalue weighted by atomic mass is 9.97. The fraction of sp³-hybridized carbons (Fsp3) is 0.556. The first-order valence-electron chi connectivity index (χ1n) is 8.41. The molecular formula is C18H25N3OS. The van der Waals surface area contributed by atoms with Crippen LogP contribution in [-0.2, 0) is 4.79 Å². The molecule has 0 aliphatic carbocycles. The third-order valence-electron chi connectivity index (χ3n) is 4.70. The molecule has 1 fully saturated rings.